The molecule has 1 unspecified atom stereocenters. The largest absolute Gasteiger partial charge is 0.460 e. The molecule has 0 saturated carbocycles. The van der Waals surface area contributed by atoms with Crippen molar-refractivity contribution in [2.45, 2.75) is 18.8 Å². The van der Waals surface area contributed by atoms with Gasteiger partial charge in [-0.25, -0.2) is 4.39 Å². The Morgan fingerprint density at radius 3 is 2.64 bits per heavy atom. The molecule has 0 heterocycles. The van der Waals surface area contributed by atoms with Gasteiger partial charge in [0.2, 0.25) is 5.91 Å². The van der Waals surface area contributed by atoms with Crippen molar-refractivity contribution < 1.29 is 18.7 Å². The molecule has 4 nitrogen and oxygen atoms in total. The average Bonchev–Trinajstić information content (AvgIpc) is 2.59. The first-order valence-corrected chi connectivity index (χ1v) is 8.95. The molecule has 7 heteroatoms. The van der Waals surface area contributed by atoms with Crippen LogP contribution >= 0.6 is 23.4 Å². The highest BCUT2D eigenvalue weighted by Crippen LogP contribution is 2.16. The zero-order chi connectivity index (χ0) is 18.2. The summed E-state index contributed by atoms with van der Waals surface area (Å²) < 4.78 is 18.0. The van der Waals surface area contributed by atoms with Crippen LogP contribution in [0.15, 0.2) is 48.5 Å². The average molecular weight is 382 g/mol. The molecular weight excluding hydrogens is 365 g/mol. The van der Waals surface area contributed by atoms with E-state index in [2.05, 4.69) is 5.32 Å². The minimum Gasteiger partial charge on any atom is -0.460 e. The summed E-state index contributed by atoms with van der Waals surface area (Å²) in [5.74, 6) is -0.959. The molecule has 0 radical (unpaired) electrons. The zero-order valence-electron chi connectivity index (χ0n) is 13.5. The number of hydrogen-bond donors (Lipinski definition) is 1. The van der Waals surface area contributed by atoms with Gasteiger partial charge in [0, 0.05) is 10.7 Å². The lowest BCUT2D eigenvalue weighted by molar-refractivity contribution is -0.143. The van der Waals surface area contributed by atoms with Crippen molar-refractivity contribution in [3.8, 4) is 0 Å². The van der Waals surface area contributed by atoms with Crippen molar-refractivity contribution in [1.29, 1.82) is 0 Å². The minimum atomic E-state index is -0.488. The van der Waals surface area contributed by atoms with E-state index < -0.39 is 11.2 Å². The highest BCUT2D eigenvalue weighted by atomic mass is 35.5. The van der Waals surface area contributed by atoms with Crippen molar-refractivity contribution in [3.63, 3.8) is 0 Å². The van der Waals surface area contributed by atoms with Gasteiger partial charge in [-0.05, 0) is 48.9 Å². The number of ether oxygens (including phenoxy) is 1. The van der Waals surface area contributed by atoms with Crippen LogP contribution in [0.25, 0.3) is 0 Å². The van der Waals surface area contributed by atoms with Gasteiger partial charge < -0.3 is 10.1 Å². The van der Waals surface area contributed by atoms with Gasteiger partial charge >= 0.3 is 5.97 Å². The molecule has 0 aliphatic carbocycles. The van der Waals surface area contributed by atoms with Crippen LogP contribution in [0.1, 0.15) is 12.5 Å². The molecule has 0 bridgehead atoms. The maximum atomic E-state index is 12.8. The quantitative estimate of drug-likeness (QED) is 0.727. The highest BCUT2D eigenvalue weighted by molar-refractivity contribution is 8.01. The first-order chi connectivity index (χ1) is 11.9. The van der Waals surface area contributed by atoms with E-state index in [-0.39, 0.29) is 24.1 Å². The lowest BCUT2D eigenvalue weighted by Crippen LogP contribution is -2.21. The van der Waals surface area contributed by atoms with Gasteiger partial charge in [0.1, 0.15) is 17.7 Å². The standard InChI is InChI=1S/C18H17ClFNO3S/c1-12(18(23)24-10-13-3-2-4-14(19)9-13)25-11-17(22)21-16-7-5-15(20)6-8-16/h2-9,12H,10-11H2,1H3,(H,21,22). The van der Waals surface area contributed by atoms with Crippen LogP contribution in [0, 0.1) is 5.82 Å². The third-order valence-electron chi connectivity index (χ3n) is 3.19. The van der Waals surface area contributed by atoms with E-state index in [1.54, 1.807) is 25.1 Å². The number of rotatable bonds is 7. The number of amides is 1. The van der Waals surface area contributed by atoms with Crippen molar-refractivity contribution >= 4 is 40.9 Å². The van der Waals surface area contributed by atoms with Crippen LogP contribution in [-0.2, 0) is 20.9 Å². The lowest BCUT2D eigenvalue weighted by Gasteiger charge is -2.11. The van der Waals surface area contributed by atoms with E-state index in [4.69, 9.17) is 16.3 Å². The van der Waals surface area contributed by atoms with E-state index >= 15 is 0 Å². The van der Waals surface area contributed by atoms with E-state index in [1.807, 2.05) is 6.07 Å². The zero-order valence-corrected chi connectivity index (χ0v) is 15.1. The molecule has 0 aromatic heterocycles. The first kappa shape index (κ1) is 19.3. The van der Waals surface area contributed by atoms with Crippen LogP contribution in [0.4, 0.5) is 10.1 Å². The molecule has 0 aliphatic rings. The van der Waals surface area contributed by atoms with E-state index in [1.165, 1.54) is 36.0 Å². The minimum absolute atomic E-state index is 0.0881. The van der Waals surface area contributed by atoms with Crippen molar-refractivity contribution in [2.24, 2.45) is 0 Å². The molecule has 0 aliphatic heterocycles. The van der Waals surface area contributed by atoms with Gasteiger partial charge in [0.05, 0.1) is 5.75 Å². The third-order valence-corrected chi connectivity index (χ3v) is 4.55. The van der Waals surface area contributed by atoms with Gasteiger partial charge in [-0.1, -0.05) is 23.7 Å². The Hall–Kier alpha value is -2.05. The van der Waals surface area contributed by atoms with Crippen molar-refractivity contribution in [2.75, 3.05) is 11.1 Å². The lowest BCUT2D eigenvalue weighted by atomic mass is 10.2. The third kappa shape index (κ3) is 6.76. The number of nitrogens with one attached hydrogen (secondary N) is 1. The monoisotopic (exact) mass is 381 g/mol. The fraction of sp³-hybridized carbons (Fsp3) is 0.222. The number of hydrogen-bond acceptors (Lipinski definition) is 4. The Balaban J connectivity index is 1.73. The van der Waals surface area contributed by atoms with Crippen molar-refractivity contribution in [3.05, 3.63) is 64.9 Å². The number of anilines is 1. The SMILES string of the molecule is CC(SCC(=O)Nc1ccc(F)cc1)C(=O)OCc1cccc(Cl)c1. The summed E-state index contributed by atoms with van der Waals surface area (Å²) in [6.07, 6.45) is 0. The Bertz CT molecular complexity index is 739. The molecule has 2 rings (SSSR count). The number of benzene rings is 2. The molecular formula is C18H17ClFNO3S. The predicted molar refractivity (Wildman–Crippen MR) is 98.2 cm³/mol. The Labute approximate surface area is 154 Å². The molecule has 0 fully saturated rings. The van der Waals surface area contributed by atoms with E-state index in [0.717, 1.165) is 5.56 Å². The maximum Gasteiger partial charge on any atom is 0.319 e. The fourth-order valence-electron chi connectivity index (χ4n) is 1.90. The molecule has 1 N–H and O–H groups in total. The summed E-state index contributed by atoms with van der Waals surface area (Å²) in [5, 5.41) is 2.72. The fourth-order valence-corrected chi connectivity index (χ4v) is 2.79. The van der Waals surface area contributed by atoms with Crippen LogP contribution in [0.5, 0.6) is 0 Å². The van der Waals surface area contributed by atoms with Crippen LogP contribution in [0.2, 0.25) is 5.02 Å². The molecule has 132 valence electrons. The van der Waals surface area contributed by atoms with Gasteiger partial charge in [-0.15, -0.1) is 11.8 Å². The number of carbonyl (C=O) groups excluding carboxylic acids is 2. The Morgan fingerprint density at radius 1 is 1.24 bits per heavy atom. The number of halogens is 2. The van der Waals surface area contributed by atoms with E-state index in [9.17, 15) is 14.0 Å². The van der Waals surface area contributed by atoms with Gasteiger partial charge in [-0.3, -0.25) is 9.59 Å². The second kappa shape index (κ2) is 9.44. The van der Waals surface area contributed by atoms with Gasteiger partial charge in [-0.2, -0.15) is 0 Å². The Kier molecular flexibility index (Phi) is 7.28. The summed E-state index contributed by atoms with van der Waals surface area (Å²) in [7, 11) is 0. The summed E-state index contributed by atoms with van der Waals surface area (Å²) in [6, 6.07) is 12.5. The molecule has 0 saturated heterocycles. The molecule has 0 spiro atoms. The van der Waals surface area contributed by atoms with Crippen LogP contribution < -0.4 is 5.32 Å². The predicted octanol–water partition coefficient (Wildman–Crippen LogP) is 4.28. The summed E-state index contributed by atoms with van der Waals surface area (Å²) in [5.41, 5.74) is 1.30. The summed E-state index contributed by atoms with van der Waals surface area (Å²) in [4.78, 5) is 23.8. The first-order valence-electron chi connectivity index (χ1n) is 7.52. The maximum absolute atomic E-state index is 12.8. The van der Waals surface area contributed by atoms with Crippen molar-refractivity contribution in [1.82, 2.24) is 0 Å². The Morgan fingerprint density at radius 2 is 1.96 bits per heavy atom. The van der Waals surface area contributed by atoms with Crippen LogP contribution in [-0.4, -0.2) is 22.9 Å². The van der Waals surface area contributed by atoms with Crippen LogP contribution in [0.3, 0.4) is 0 Å². The second-order valence-electron chi connectivity index (χ2n) is 5.25. The van der Waals surface area contributed by atoms with Gasteiger partial charge in [0.15, 0.2) is 0 Å². The normalized spacial score (nSPS) is 11.6. The molecule has 2 aromatic carbocycles. The summed E-state index contributed by atoms with van der Waals surface area (Å²) >= 11 is 7.04. The number of carbonyl (C=O) groups is 2. The van der Waals surface area contributed by atoms with E-state index in [0.29, 0.717) is 10.7 Å². The van der Waals surface area contributed by atoms with Gasteiger partial charge in [0.25, 0.3) is 0 Å². The molecule has 1 amide bonds. The summed E-state index contributed by atoms with van der Waals surface area (Å²) in [6.45, 7) is 1.81. The molecule has 1 atom stereocenters. The smallest absolute Gasteiger partial charge is 0.319 e. The number of thioether (sulfide) groups is 1. The second-order valence-corrected chi connectivity index (χ2v) is 7.01. The highest BCUT2D eigenvalue weighted by Gasteiger charge is 2.17. The molecule has 25 heavy (non-hydrogen) atoms. The molecule has 2 aromatic rings. The topological polar surface area (TPSA) is 55.4 Å². The number of esters is 1.